The maximum atomic E-state index is 12.3. The molecule has 1 heterocycles. The second-order valence-corrected chi connectivity index (χ2v) is 5.53. The van der Waals surface area contributed by atoms with Gasteiger partial charge in [0, 0.05) is 19.0 Å². The third-order valence-corrected chi connectivity index (χ3v) is 3.87. The number of esters is 1. The summed E-state index contributed by atoms with van der Waals surface area (Å²) in [7, 11) is 3.01. The zero-order valence-corrected chi connectivity index (χ0v) is 14.6. The molecule has 8 nitrogen and oxygen atoms in total. The summed E-state index contributed by atoms with van der Waals surface area (Å²) in [5.41, 5.74) is 0.542. The van der Waals surface area contributed by atoms with Crippen LogP contribution in [0.5, 0.6) is 11.5 Å². The van der Waals surface area contributed by atoms with Crippen LogP contribution in [0.15, 0.2) is 18.2 Å². The fraction of sp³-hybridized carbons (Fsp3) is 0.389. The Balaban J connectivity index is 2.01. The van der Waals surface area contributed by atoms with Gasteiger partial charge in [0.2, 0.25) is 5.91 Å². The average molecular weight is 360 g/mol. The highest BCUT2D eigenvalue weighted by Gasteiger charge is 2.37. The molecule has 26 heavy (non-hydrogen) atoms. The largest absolute Gasteiger partial charge is 0.497 e. The molecule has 1 saturated heterocycles. The van der Waals surface area contributed by atoms with Crippen molar-refractivity contribution < 1.29 is 28.6 Å². The molecule has 2 amide bonds. The number of rotatable bonds is 7. The van der Waals surface area contributed by atoms with Crippen LogP contribution in [-0.4, -0.2) is 51.7 Å². The van der Waals surface area contributed by atoms with Gasteiger partial charge in [-0.2, -0.15) is 0 Å². The number of carbonyl (C=O) groups is 3. The highest BCUT2D eigenvalue weighted by atomic mass is 16.5. The number of hydrogen-bond acceptors (Lipinski definition) is 6. The van der Waals surface area contributed by atoms with E-state index < -0.39 is 24.4 Å². The van der Waals surface area contributed by atoms with Gasteiger partial charge < -0.3 is 24.4 Å². The highest BCUT2D eigenvalue weighted by Crippen LogP contribution is 2.35. The summed E-state index contributed by atoms with van der Waals surface area (Å²) in [5, 5.41) is 2.39. The maximum Gasteiger partial charge on any atom is 0.311 e. The Labute approximate surface area is 151 Å². The molecule has 1 aromatic carbocycles. The van der Waals surface area contributed by atoms with E-state index in [0.29, 0.717) is 17.2 Å². The summed E-state index contributed by atoms with van der Waals surface area (Å²) in [6.45, 7) is -0.229. The fourth-order valence-corrected chi connectivity index (χ4v) is 2.56. The van der Waals surface area contributed by atoms with E-state index in [1.165, 1.54) is 19.1 Å². The van der Waals surface area contributed by atoms with Gasteiger partial charge in [-0.1, -0.05) is 5.92 Å². The van der Waals surface area contributed by atoms with Crippen molar-refractivity contribution >= 4 is 23.5 Å². The van der Waals surface area contributed by atoms with Gasteiger partial charge >= 0.3 is 5.97 Å². The van der Waals surface area contributed by atoms with Crippen molar-refractivity contribution in [3.8, 4) is 23.8 Å². The first kappa shape index (κ1) is 19.1. The van der Waals surface area contributed by atoms with Crippen LogP contribution in [-0.2, 0) is 19.1 Å². The van der Waals surface area contributed by atoms with Crippen molar-refractivity contribution in [2.24, 2.45) is 5.92 Å². The van der Waals surface area contributed by atoms with Gasteiger partial charge in [-0.3, -0.25) is 14.4 Å². The summed E-state index contributed by atoms with van der Waals surface area (Å²) >= 11 is 0. The third kappa shape index (κ3) is 4.45. The number of methoxy groups -OCH3 is 2. The van der Waals surface area contributed by atoms with Gasteiger partial charge in [0.1, 0.15) is 11.5 Å². The highest BCUT2D eigenvalue weighted by molar-refractivity contribution is 6.00. The number of benzene rings is 1. The van der Waals surface area contributed by atoms with Crippen LogP contribution in [0, 0.1) is 18.3 Å². The molecule has 1 aliphatic heterocycles. The SMILES string of the molecule is C#CCNC(=O)COC(=O)[C@H]1CC(=O)N(c2ccc(OC)cc2OC)C1. The minimum atomic E-state index is -0.658. The van der Waals surface area contributed by atoms with Crippen molar-refractivity contribution in [1.29, 1.82) is 0 Å². The van der Waals surface area contributed by atoms with E-state index in [2.05, 4.69) is 11.2 Å². The van der Waals surface area contributed by atoms with Crippen LogP contribution in [0.1, 0.15) is 6.42 Å². The van der Waals surface area contributed by atoms with Gasteiger partial charge in [-0.25, -0.2) is 0 Å². The van der Waals surface area contributed by atoms with Crippen LogP contribution >= 0.6 is 0 Å². The Morgan fingerprint density at radius 1 is 1.35 bits per heavy atom. The first-order chi connectivity index (χ1) is 12.5. The molecule has 0 bridgehead atoms. The van der Waals surface area contributed by atoms with E-state index in [-0.39, 0.29) is 25.4 Å². The zero-order valence-electron chi connectivity index (χ0n) is 14.6. The van der Waals surface area contributed by atoms with Gasteiger partial charge in [0.15, 0.2) is 6.61 Å². The van der Waals surface area contributed by atoms with Crippen LogP contribution in [0.2, 0.25) is 0 Å². The minimum absolute atomic E-state index is 0.00000850. The molecule has 0 spiro atoms. The molecule has 1 N–H and O–H groups in total. The lowest BCUT2D eigenvalue weighted by Crippen LogP contribution is -2.31. The Bertz CT molecular complexity index is 740. The van der Waals surface area contributed by atoms with E-state index in [0.717, 1.165) is 0 Å². The molecule has 0 aliphatic carbocycles. The molecule has 0 saturated carbocycles. The lowest BCUT2D eigenvalue weighted by molar-refractivity contribution is -0.152. The summed E-state index contributed by atoms with van der Waals surface area (Å²) in [6.07, 6.45) is 5.03. The van der Waals surface area contributed by atoms with Crippen LogP contribution in [0.25, 0.3) is 0 Å². The summed E-state index contributed by atoms with van der Waals surface area (Å²) in [4.78, 5) is 37.3. The first-order valence-corrected chi connectivity index (χ1v) is 7.89. The molecule has 1 aliphatic rings. The number of anilines is 1. The fourth-order valence-electron chi connectivity index (χ4n) is 2.56. The number of ether oxygens (including phenoxy) is 3. The predicted octanol–water partition coefficient (Wildman–Crippen LogP) is 0.349. The summed E-state index contributed by atoms with van der Waals surface area (Å²) < 4.78 is 15.4. The molecule has 0 unspecified atom stereocenters. The number of nitrogens with one attached hydrogen (secondary N) is 1. The monoisotopic (exact) mass is 360 g/mol. The lowest BCUT2D eigenvalue weighted by Gasteiger charge is -2.20. The maximum absolute atomic E-state index is 12.3. The van der Waals surface area contributed by atoms with Gasteiger partial charge in [-0.15, -0.1) is 6.42 Å². The molecular formula is C18H20N2O6. The molecular weight excluding hydrogens is 340 g/mol. The van der Waals surface area contributed by atoms with Crippen molar-refractivity contribution in [3.63, 3.8) is 0 Å². The predicted molar refractivity (Wildman–Crippen MR) is 92.8 cm³/mol. The molecule has 1 aromatic rings. The average Bonchev–Trinajstić information content (AvgIpc) is 3.05. The number of hydrogen-bond donors (Lipinski definition) is 1. The van der Waals surface area contributed by atoms with Gasteiger partial charge in [-0.05, 0) is 12.1 Å². The van der Waals surface area contributed by atoms with Gasteiger partial charge in [0.25, 0.3) is 5.91 Å². The smallest absolute Gasteiger partial charge is 0.311 e. The first-order valence-electron chi connectivity index (χ1n) is 7.89. The standard InChI is InChI=1S/C18H20N2O6/c1-4-7-19-16(21)11-26-18(23)12-8-17(22)20(10-12)14-6-5-13(24-2)9-15(14)25-3/h1,5-6,9,12H,7-8,10-11H2,2-3H3,(H,19,21)/t12-/m0/s1. The topological polar surface area (TPSA) is 94.2 Å². The lowest BCUT2D eigenvalue weighted by atomic mass is 10.1. The van der Waals surface area contributed by atoms with Crippen molar-refractivity contribution in [1.82, 2.24) is 5.32 Å². The summed E-state index contributed by atoms with van der Waals surface area (Å²) in [5.74, 6) is 1.31. The van der Waals surface area contributed by atoms with Crippen molar-refractivity contribution in [2.75, 3.05) is 38.8 Å². The zero-order chi connectivity index (χ0) is 19.1. The van der Waals surface area contributed by atoms with E-state index in [1.807, 2.05) is 0 Å². The molecule has 8 heteroatoms. The number of carbonyl (C=O) groups excluding carboxylic acids is 3. The van der Waals surface area contributed by atoms with E-state index >= 15 is 0 Å². The van der Waals surface area contributed by atoms with E-state index in [1.54, 1.807) is 18.2 Å². The second kappa shape index (κ2) is 8.76. The van der Waals surface area contributed by atoms with Gasteiger partial charge in [0.05, 0.1) is 32.4 Å². The molecule has 138 valence electrons. The minimum Gasteiger partial charge on any atom is -0.497 e. The van der Waals surface area contributed by atoms with E-state index in [4.69, 9.17) is 20.6 Å². The number of amides is 2. The molecule has 1 fully saturated rings. The molecule has 2 rings (SSSR count). The van der Waals surface area contributed by atoms with Crippen LogP contribution in [0.4, 0.5) is 5.69 Å². The Kier molecular flexibility index (Phi) is 6.44. The third-order valence-electron chi connectivity index (χ3n) is 3.87. The molecule has 1 atom stereocenters. The molecule has 0 radical (unpaired) electrons. The quantitative estimate of drug-likeness (QED) is 0.557. The van der Waals surface area contributed by atoms with E-state index in [9.17, 15) is 14.4 Å². The second-order valence-electron chi connectivity index (χ2n) is 5.53. The Morgan fingerprint density at radius 3 is 2.77 bits per heavy atom. The molecule has 0 aromatic heterocycles. The van der Waals surface area contributed by atoms with Crippen molar-refractivity contribution in [3.05, 3.63) is 18.2 Å². The van der Waals surface area contributed by atoms with Crippen LogP contribution < -0.4 is 19.7 Å². The normalized spacial score (nSPS) is 16.0. The number of nitrogens with zero attached hydrogens (tertiary/aromatic N) is 1. The number of terminal acetylenes is 1. The Morgan fingerprint density at radius 2 is 2.12 bits per heavy atom. The summed E-state index contributed by atoms with van der Waals surface area (Å²) in [6, 6.07) is 5.05. The Hall–Kier alpha value is -3.21. The van der Waals surface area contributed by atoms with Crippen molar-refractivity contribution in [2.45, 2.75) is 6.42 Å². The van der Waals surface area contributed by atoms with Crippen LogP contribution in [0.3, 0.4) is 0 Å².